The smallest absolute Gasteiger partial charge is 0.318 e. The quantitative estimate of drug-likeness (QED) is 0.699. The van der Waals surface area contributed by atoms with Crippen molar-refractivity contribution >= 4 is 11.9 Å². The van der Waals surface area contributed by atoms with Gasteiger partial charge in [0.1, 0.15) is 5.76 Å². The fourth-order valence-electron chi connectivity index (χ4n) is 3.18. The molecule has 0 bridgehead atoms. The van der Waals surface area contributed by atoms with E-state index in [9.17, 15) is 9.59 Å². The molecule has 1 aliphatic heterocycles. The van der Waals surface area contributed by atoms with Crippen LogP contribution in [-0.2, 0) is 33.2 Å². The fourth-order valence-corrected chi connectivity index (χ4v) is 3.18. The van der Waals surface area contributed by atoms with Gasteiger partial charge in [-0.1, -0.05) is 6.07 Å². The first kappa shape index (κ1) is 17.8. The van der Waals surface area contributed by atoms with E-state index in [4.69, 9.17) is 4.42 Å². The maximum atomic E-state index is 12.6. The van der Waals surface area contributed by atoms with E-state index in [-0.39, 0.29) is 11.9 Å². The number of nitrogens with zero attached hydrogens (tertiary/aromatic N) is 4. The van der Waals surface area contributed by atoms with Crippen molar-refractivity contribution < 1.29 is 14.0 Å². The Morgan fingerprint density at radius 3 is 2.82 bits per heavy atom. The van der Waals surface area contributed by atoms with Crippen molar-refractivity contribution in [3.8, 4) is 0 Å². The molecule has 0 aromatic carbocycles. The number of hydrogen-bond acceptors (Lipinski definition) is 5. The normalized spacial score (nSPS) is 12.7. The van der Waals surface area contributed by atoms with Gasteiger partial charge in [0.2, 0.25) is 0 Å². The highest BCUT2D eigenvalue weighted by Crippen LogP contribution is 2.25. The van der Waals surface area contributed by atoms with Crippen molar-refractivity contribution in [3.05, 3.63) is 71.2 Å². The van der Waals surface area contributed by atoms with Crippen molar-refractivity contribution in [2.75, 3.05) is 0 Å². The lowest BCUT2D eigenvalue weighted by atomic mass is 10.2. The van der Waals surface area contributed by atoms with Crippen LogP contribution >= 0.6 is 0 Å². The zero-order chi connectivity index (χ0) is 19.5. The number of hydrogen-bond donors (Lipinski definition) is 2. The molecule has 0 fully saturated rings. The lowest BCUT2D eigenvalue weighted by Gasteiger charge is -2.16. The molecule has 0 saturated heterocycles. The number of aryl methyl sites for hydroxylation is 1. The van der Waals surface area contributed by atoms with Gasteiger partial charge in [0.05, 0.1) is 31.6 Å². The number of amides is 3. The van der Waals surface area contributed by atoms with E-state index in [1.807, 2.05) is 12.1 Å². The van der Waals surface area contributed by atoms with Gasteiger partial charge in [-0.05, 0) is 23.8 Å². The second kappa shape index (κ2) is 7.55. The summed E-state index contributed by atoms with van der Waals surface area (Å²) in [5.41, 5.74) is 2.89. The van der Waals surface area contributed by atoms with E-state index in [1.165, 1.54) is 0 Å². The Hall–Kier alpha value is -3.62. The number of nitrogens with one attached hydrogen (secondary N) is 2. The van der Waals surface area contributed by atoms with Gasteiger partial charge in [-0.15, -0.1) is 0 Å². The molecule has 0 saturated carbocycles. The number of fused-ring (bicyclic) bond motifs is 1. The summed E-state index contributed by atoms with van der Waals surface area (Å²) in [6.07, 6.45) is 4.95. The number of rotatable bonds is 5. The van der Waals surface area contributed by atoms with Crippen LogP contribution in [0.3, 0.4) is 0 Å². The molecular formula is C19H20N6O3. The summed E-state index contributed by atoms with van der Waals surface area (Å²) >= 11 is 0. The Morgan fingerprint density at radius 2 is 2.07 bits per heavy atom. The minimum absolute atomic E-state index is 0.214. The van der Waals surface area contributed by atoms with Crippen molar-refractivity contribution in [1.82, 2.24) is 30.3 Å². The Bertz CT molecular complexity index is 981. The number of carbonyl (C=O) groups excluding carboxylic acids is 2. The molecule has 3 amide bonds. The van der Waals surface area contributed by atoms with E-state index >= 15 is 0 Å². The largest absolute Gasteiger partial charge is 0.467 e. The van der Waals surface area contributed by atoms with Crippen LogP contribution < -0.4 is 10.6 Å². The lowest BCUT2D eigenvalue weighted by Crippen LogP contribution is -2.36. The van der Waals surface area contributed by atoms with Gasteiger partial charge < -0.3 is 20.0 Å². The minimum atomic E-state index is -0.265. The summed E-state index contributed by atoms with van der Waals surface area (Å²) in [7, 11) is 1.78. The summed E-state index contributed by atoms with van der Waals surface area (Å²) in [5, 5.41) is 10.0. The predicted octanol–water partition coefficient (Wildman–Crippen LogP) is 1.56. The second-order valence-electron chi connectivity index (χ2n) is 6.54. The van der Waals surface area contributed by atoms with Crippen LogP contribution in [0.2, 0.25) is 0 Å². The Kier molecular flexibility index (Phi) is 4.79. The first-order valence-electron chi connectivity index (χ1n) is 8.89. The highest BCUT2D eigenvalue weighted by atomic mass is 16.3. The maximum Gasteiger partial charge on any atom is 0.318 e. The number of carbonyl (C=O) groups is 2. The number of urea groups is 1. The van der Waals surface area contributed by atoms with Crippen molar-refractivity contribution in [2.24, 2.45) is 7.05 Å². The van der Waals surface area contributed by atoms with Crippen LogP contribution in [0, 0.1) is 0 Å². The molecule has 0 aliphatic carbocycles. The van der Waals surface area contributed by atoms with Crippen LogP contribution in [0.1, 0.15) is 33.1 Å². The van der Waals surface area contributed by atoms with Crippen LogP contribution in [-0.4, -0.2) is 31.6 Å². The second-order valence-corrected chi connectivity index (χ2v) is 6.54. The third kappa shape index (κ3) is 3.59. The van der Waals surface area contributed by atoms with Crippen LogP contribution in [0.5, 0.6) is 0 Å². The van der Waals surface area contributed by atoms with E-state index in [0.29, 0.717) is 37.6 Å². The van der Waals surface area contributed by atoms with Crippen LogP contribution in [0.15, 0.2) is 47.3 Å². The topological polar surface area (TPSA) is 105 Å². The third-order valence-corrected chi connectivity index (χ3v) is 4.64. The van der Waals surface area contributed by atoms with Crippen molar-refractivity contribution in [3.63, 3.8) is 0 Å². The molecule has 0 radical (unpaired) electrons. The number of furan rings is 1. The summed E-state index contributed by atoms with van der Waals surface area (Å²) < 4.78 is 6.88. The van der Waals surface area contributed by atoms with Crippen LogP contribution in [0.25, 0.3) is 0 Å². The first-order chi connectivity index (χ1) is 13.6. The van der Waals surface area contributed by atoms with Gasteiger partial charge in [0, 0.05) is 31.5 Å². The van der Waals surface area contributed by atoms with Gasteiger partial charge >= 0.3 is 6.03 Å². The van der Waals surface area contributed by atoms with E-state index in [0.717, 1.165) is 16.8 Å². The zero-order valence-electron chi connectivity index (χ0n) is 15.4. The van der Waals surface area contributed by atoms with Crippen LogP contribution in [0.4, 0.5) is 4.79 Å². The van der Waals surface area contributed by atoms with Gasteiger partial charge in [-0.25, -0.2) is 4.79 Å². The highest BCUT2D eigenvalue weighted by Gasteiger charge is 2.32. The molecule has 2 N–H and O–H groups in total. The summed E-state index contributed by atoms with van der Waals surface area (Å²) in [5.74, 6) is 0.417. The monoisotopic (exact) mass is 380 g/mol. The lowest BCUT2D eigenvalue weighted by molar-refractivity contribution is 0.0943. The van der Waals surface area contributed by atoms with E-state index < -0.39 is 0 Å². The Morgan fingerprint density at radius 1 is 1.18 bits per heavy atom. The van der Waals surface area contributed by atoms with Crippen molar-refractivity contribution in [1.29, 1.82) is 0 Å². The molecule has 28 heavy (non-hydrogen) atoms. The molecule has 3 aromatic rings. The molecule has 144 valence electrons. The standard InChI is InChI=1S/C19H20N6O3/c1-24-16-12-25(19(27)22-10-14-5-3-7-28-14)11-15(16)17(23-24)18(26)21-9-13-4-2-6-20-8-13/h2-8H,9-12H2,1H3,(H,21,26)(H,22,27). The van der Waals surface area contributed by atoms with Gasteiger partial charge in [-0.3, -0.25) is 14.5 Å². The summed E-state index contributed by atoms with van der Waals surface area (Å²) in [6.45, 7) is 1.42. The molecule has 1 aliphatic rings. The summed E-state index contributed by atoms with van der Waals surface area (Å²) in [6, 6.07) is 7.07. The molecule has 4 heterocycles. The first-order valence-corrected chi connectivity index (χ1v) is 8.89. The SMILES string of the molecule is Cn1nc(C(=O)NCc2cccnc2)c2c1CN(C(=O)NCc1ccco1)C2. The number of pyridine rings is 1. The summed E-state index contributed by atoms with van der Waals surface area (Å²) in [4.78, 5) is 30.7. The molecule has 3 aromatic heterocycles. The molecule has 9 heteroatoms. The molecule has 0 spiro atoms. The molecular weight excluding hydrogens is 360 g/mol. The average molecular weight is 380 g/mol. The fraction of sp³-hybridized carbons (Fsp3) is 0.263. The molecule has 9 nitrogen and oxygen atoms in total. The van der Waals surface area contributed by atoms with E-state index in [2.05, 4.69) is 20.7 Å². The van der Waals surface area contributed by atoms with E-state index in [1.54, 1.807) is 47.4 Å². The molecule has 4 rings (SSSR count). The maximum absolute atomic E-state index is 12.6. The number of aromatic nitrogens is 3. The van der Waals surface area contributed by atoms with Gasteiger partial charge in [0.15, 0.2) is 5.69 Å². The Balaban J connectivity index is 1.40. The Labute approximate surface area is 161 Å². The molecule has 0 unspecified atom stereocenters. The molecule has 0 atom stereocenters. The average Bonchev–Trinajstić information content (AvgIpc) is 3.44. The zero-order valence-corrected chi connectivity index (χ0v) is 15.4. The highest BCUT2D eigenvalue weighted by molar-refractivity contribution is 5.94. The third-order valence-electron chi connectivity index (χ3n) is 4.64. The van der Waals surface area contributed by atoms with Gasteiger partial charge in [-0.2, -0.15) is 5.10 Å². The van der Waals surface area contributed by atoms with Gasteiger partial charge in [0.25, 0.3) is 5.91 Å². The van der Waals surface area contributed by atoms with Crippen molar-refractivity contribution in [2.45, 2.75) is 26.2 Å². The predicted molar refractivity (Wildman–Crippen MR) is 98.8 cm³/mol. The minimum Gasteiger partial charge on any atom is -0.467 e.